The maximum absolute atomic E-state index is 12.4. The second-order valence-electron chi connectivity index (χ2n) is 6.59. The monoisotopic (exact) mass is 409 g/mol. The minimum absolute atomic E-state index is 0.180. The number of benzene rings is 2. The van der Waals surface area contributed by atoms with Crippen molar-refractivity contribution in [1.82, 2.24) is 20.2 Å². The lowest BCUT2D eigenvalue weighted by atomic mass is 10.0. The molecule has 142 valence electrons. The molecule has 6 nitrogen and oxygen atoms in total. The van der Waals surface area contributed by atoms with Gasteiger partial charge >= 0.3 is 0 Å². The summed E-state index contributed by atoms with van der Waals surface area (Å²) in [6.07, 6.45) is 0. The van der Waals surface area contributed by atoms with Crippen LogP contribution in [0.25, 0.3) is 11.0 Å². The highest BCUT2D eigenvalue weighted by Gasteiger charge is 2.12. The van der Waals surface area contributed by atoms with Crippen LogP contribution in [0.5, 0.6) is 0 Å². The molecule has 1 amide bonds. The largest absolute Gasteiger partial charge is 0.341 e. The summed E-state index contributed by atoms with van der Waals surface area (Å²) < 4.78 is 0.783. The number of hydrogen-bond donors (Lipinski definition) is 2. The minimum atomic E-state index is -0.180. The van der Waals surface area contributed by atoms with Gasteiger partial charge in [0.15, 0.2) is 4.34 Å². The van der Waals surface area contributed by atoms with Crippen LogP contribution in [0.1, 0.15) is 41.5 Å². The van der Waals surface area contributed by atoms with E-state index in [9.17, 15) is 4.79 Å². The molecular weight excluding hydrogens is 390 g/mol. The average Bonchev–Trinajstić information content (AvgIpc) is 3.32. The molecule has 2 N–H and O–H groups in total. The number of rotatable bonds is 6. The molecule has 0 saturated heterocycles. The van der Waals surface area contributed by atoms with Crippen molar-refractivity contribution in [3.05, 3.63) is 65.5 Å². The van der Waals surface area contributed by atoms with E-state index in [0.29, 0.717) is 22.4 Å². The molecule has 0 aliphatic heterocycles. The number of aromatic nitrogens is 4. The SMILES string of the molecule is CC(C)c1ccc(C(=O)Nc2nnc(SCc3nc4ccccc4[nH]3)s2)cc1. The third-order valence-electron chi connectivity index (χ3n) is 4.24. The number of para-hydroxylation sites is 2. The number of fused-ring (bicyclic) bond motifs is 1. The first kappa shape index (κ1) is 18.6. The molecule has 0 aliphatic rings. The molecule has 0 fully saturated rings. The van der Waals surface area contributed by atoms with Gasteiger partial charge in [-0.05, 0) is 35.7 Å². The lowest BCUT2D eigenvalue weighted by Gasteiger charge is -2.06. The Morgan fingerprint density at radius 1 is 1.14 bits per heavy atom. The molecule has 0 saturated carbocycles. The van der Waals surface area contributed by atoms with Gasteiger partial charge in [0.05, 0.1) is 16.8 Å². The topological polar surface area (TPSA) is 83.6 Å². The third kappa shape index (κ3) is 4.23. The molecule has 2 heterocycles. The first-order valence-corrected chi connectivity index (χ1v) is 10.7. The highest BCUT2D eigenvalue weighted by Crippen LogP contribution is 2.28. The number of hydrogen-bond acceptors (Lipinski definition) is 6. The quantitative estimate of drug-likeness (QED) is 0.343. The molecule has 8 heteroatoms. The lowest BCUT2D eigenvalue weighted by molar-refractivity contribution is 0.102. The zero-order chi connectivity index (χ0) is 19.5. The molecule has 2 aromatic carbocycles. The summed E-state index contributed by atoms with van der Waals surface area (Å²) in [5.74, 6) is 1.80. The van der Waals surface area contributed by atoms with Crippen LogP contribution in [0, 0.1) is 0 Å². The summed E-state index contributed by atoms with van der Waals surface area (Å²) in [5, 5.41) is 11.5. The summed E-state index contributed by atoms with van der Waals surface area (Å²) in [4.78, 5) is 20.2. The molecule has 0 unspecified atom stereocenters. The van der Waals surface area contributed by atoms with Gasteiger partial charge in [0.1, 0.15) is 5.82 Å². The predicted octanol–water partition coefficient (Wildman–Crippen LogP) is 5.08. The number of nitrogens with one attached hydrogen (secondary N) is 2. The van der Waals surface area contributed by atoms with Crippen molar-refractivity contribution in [2.24, 2.45) is 0 Å². The van der Waals surface area contributed by atoms with Crippen LogP contribution in [0.3, 0.4) is 0 Å². The molecule has 28 heavy (non-hydrogen) atoms. The van der Waals surface area contributed by atoms with E-state index in [1.165, 1.54) is 28.7 Å². The van der Waals surface area contributed by atoms with Crippen molar-refractivity contribution in [1.29, 1.82) is 0 Å². The molecular formula is C20H19N5OS2. The van der Waals surface area contributed by atoms with E-state index in [1.807, 2.05) is 48.5 Å². The van der Waals surface area contributed by atoms with E-state index in [2.05, 4.69) is 39.3 Å². The van der Waals surface area contributed by atoms with Gasteiger partial charge in [-0.25, -0.2) is 4.98 Å². The molecule has 0 bridgehead atoms. The summed E-state index contributed by atoms with van der Waals surface area (Å²) in [7, 11) is 0. The summed E-state index contributed by atoms with van der Waals surface area (Å²) in [5.41, 5.74) is 3.78. The fraction of sp³-hybridized carbons (Fsp3) is 0.200. The summed E-state index contributed by atoms with van der Waals surface area (Å²) in [6.45, 7) is 4.25. The Morgan fingerprint density at radius 2 is 1.93 bits per heavy atom. The van der Waals surface area contributed by atoms with E-state index in [-0.39, 0.29) is 5.91 Å². The standard InChI is InChI=1S/C20H19N5OS2/c1-12(2)13-7-9-14(10-8-13)18(26)23-19-24-25-20(28-19)27-11-17-21-15-5-3-4-6-16(15)22-17/h3-10,12H,11H2,1-2H3,(H,21,22)(H,23,24,26). The van der Waals surface area contributed by atoms with E-state index >= 15 is 0 Å². The molecule has 4 rings (SSSR count). The van der Waals surface area contributed by atoms with Gasteiger partial charge < -0.3 is 4.98 Å². The van der Waals surface area contributed by atoms with Crippen LogP contribution >= 0.6 is 23.1 Å². The average molecular weight is 410 g/mol. The van der Waals surface area contributed by atoms with Crippen LogP contribution in [-0.2, 0) is 5.75 Å². The van der Waals surface area contributed by atoms with Crippen LogP contribution in [0.4, 0.5) is 5.13 Å². The molecule has 0 aliphatic carbocycles. The fourth-order valence-electron chi connectivity index (χ4n) is 2.71. The smallest absolute Gasteiger partial charge is 0.257 e. The van der Waals surface area contributed by atoms with Crippen molar-refractivity contribution in [2.45, 2.75) is 29.9 Å². The Labute approximate surface area is 170 Å². The third-order valence-corrected chi connectivity index (χ3v) is 6.22. The van der Waals surface area contributed by atoms with Gasteiger partial charge in [-0.1, -0.05) is 61.2 Å². The van der Waals surface area contributed by atoms with Crippen LogP contribution < -0.4 is 5.32 Å². The molecule has 0 spiro atoms. The van der Waals surface area contributed by atoms with Crippen molar-refractivity contribution in [2.75, 3.05) is 5.32 Å². The zero-order valence-electron chi connectivity index (χ0n) is 15.5. The number of thioether (sulfide) groups is 1. The highest BCUT2D eigenvalue weighted by atomic mass is 32.2. The minimum Gasteiger partial charge on any atom is -0.341 e. The second-order valence-corrected chi connectivity index (χ2v) is 8.79. The van der Waals surface area contributed by atoms with Crippen molar-refractivity contribution >= 4 is 45.2 Å². The first-order valence-electron chi connectivity index (χ1n) is 8.90. The van der Waals surface area contributed by atoms with E-state index < -0.39 is 0 Å². The zero-order valence-corrected chi connectivity index (χ0v) is 17.1. The maximum Gasteiger partial charge on any atom is 0.257 e. The second kappa shape index (κ2) is 8.12. The van der Waals surface area contributed by atoms with Crippen molar-refractivity contribution < 1.29 is 4.79 Å². The van der Waals surface area contributed by atoms with Gasteiger partial charge in [-0.3, -0.25) is 10.1 Å². The summed E-state index contributed by atoms with van der Waals surface area (Å²) in [6, 6.07) is 15.6. The predicted molar refractivity (Wildman–Crippen MR) is 114 cm³/mol. The van der Waals surface area contributed by atoms with Gasteiger partial charge in [-0.15, -0.1) is 10.2 Å². The molecule has 4 aromatic rings. The van der Waals surface area contributed by atoms with Crippen molar-refractivity contribution in [3.8, 4) is 0 Å². The Balaban J connectivity index is 1.36. The first-order chi connectivity index (χ1) is 13.6. The van der Waals surface area contributed by atoms with Crippen LogP contribution in [0.15, 0.2) is 52.9 Å². The highest BCUT2D eigenvalue weighted by molar-refractivity contribution is 8.00. The number of H-pyrrole nitrogens is 1. The van der Waals surface area contributed by atoms with Gasteiger partial charge in [-0.2, -0.15) is 0 Å². The van der Waals surface area contributed by atoms with Gasteiger partial charge in [0, 0.05) is 5.56 Å². The van der Waals surface area contributed by atoms with Crippen LogP contribution in [-0.4, -0.2) is 26.1 Å². The normalized spacial score (nSPS) is 11.2. The Hall–Kier alpha value is -2.71. The van der Waals surface area contributed by atoms with E-state index in [4.69, 9.17) is 0 Å². The van der Waals surface area contributed by atoms with E-state index in [1.54, 1.807) is 0 Å². The van der Waals surface area contributed by atoms with Crippen molar-refractivity contribution in [3.63, 3.8) is 0 Å². The Bertz CT molecular complexity index is 1070. The molecule has 2 aromatic heterocycles. The number of nitrogens with zero attached hydrogens (tertiary/aromatic N) is 3. The van der Waals surface area contributed by atoms with E-state index in [0.717, 1.165) is 21.2 Å². The number of carbonyl (C=O) groups is 1. The van der Waals surface area contributed by atoms with Gasteiger partial charge in [0.25, 0.3) is 5.91 Å². The maximum atomic E-state index is 12.4. The Kier molecular flexibility index (Phi) is 5.40. The van der Waals surface area contributed by atoms with Gasteiger partial charge in [0.2, 0.25) is 5.13 Å². The molecule has 0 atom stereocenters. The number of carbonyl (C=O) groups excluding carboxylic acids is 1. The number of anilines is 1. The summed E-state index contributed by atoms with van der Waals surface area (Å²) >= 11 is 2.89. The van der Waals surface area contributed by atoms with Crippen LogP contribution in [0.2, 0.25) is 0 Å². The number of amides is 1. The number of imidazole rings is 1. The number of aromatic amines is 1. The Morgan fingerprint density at radius 3 is 2.68 bits per heavy atom. The fourth-order valence-corrected chi connectivity index (χ4v) is 4.33. The lowest BCUT2D eigenvalue weighted by Crippen LogP contribution is -2.11. The molecule has 0 radical (unpaired) electrons.